The van der Waals surface area contributed by atoms with Crippen molar-refractivity contribution in [3.8, 4) is 11.1 Å². The van der Waals surface area contributed by atoms with Crippen LogP contribution in [0.3, 0.4) is 0 Å². The number of piperidine rings is 1. The molecule has 4 rings (SSSR count). The summed E-state index contributed by atoms with van der Waals surface area (Å²) in [6.07, 6.45) is 11.4. The van der Waals surface area contributed by atoms with E-state index >= 15 is 0 Å². The van der Waals surface area contributed by atoms with Crippen LogP contribution in [0, 0.1) is 11.3 Å². The van der Waals surface area contributed by atoms with E-state index in [0.29, 0.717) is 31.8 Å². The molecule has 1 aromatic heterocycles. The van der Waals surface area contributed by atoms with Gasteiger partial charge in [0, 0.05) is 44.0 Å². The third-order valence-electron chi connectivity index (χ3n) is 7.21. The number of carbonyl (C=O) groups is 2. The Balaban J connectivity index is 1.60. The lowest BCUT2D eigenvalue weighted by Gasteiger charge is -2.42. The highest BCUT2D eigenvalue weighted by atomic mass is 16.2. The predicted molar refractivity (Wildman–Crippen MR) is 127 cm³/mol. The molecule has 2 heterocycles. The van der Waals surface area contributed by atoms with Gasteiger partial charge in [-0.1, -0.05) is 43.2 Å². The van der Waals surface area contributed by atoms with E-state index in [2.05, 4.69) is 28.5 Å². The summed E-state index contributed by atoms with van der Waals surface area (Å²) in [6.45, 7) is 3.82. The van der Waals surface area contributed by atoms with Gasteiger partial charge < -0.3 is 10.2 Å². The standard InChI is InChI=1S/C27H35N3O2/c1-2-29-26(32)27(14-8-16-30(20-27)25(31)17-21-9-3-4-10-21)18-22-11-5-6-13-24(22)23-12-7-15-28-19-23/h5-7,11-13,15,19,21H,2-4,8-10,14,16-18,20H2,1H3,(H,29,32)/t27-/m1/s1. The Morgan fingerprint density at radius 3 is 2.69 bits per heavy atom. The number of aromatic nitrogens is 1. The van der Waals surface area contributed by atoms with Crippen LogP contribution in [0.25, 0.3) is 11.1 Å². The van der Waals surface area contributed by atoms with Gasteiger partial charge in [0.2, 0.25) is 11.8 Å². The van der Waals surface area contributed by atoms with Crippen LogP contribution in [0.1, 0.15) is 57.4 Å². The normalized spacial score (nSPS) is 21.5. The molecule has 2 amide bonds. The van der Waals surface area contributed by atoms with Crippen molar-refractivity contribution in [3.05, 3.63) is 54.4 Å². The largest absolute Gasteiger partial charge is 0.356 e. The molecular formula is C27H35N3O2. The maximum absolute atomic E-state index is 13.4. The van der Waals surface area contributed by atoms with E-state index in [9.17, 15) is 9.59 Å². The van der Waals surface area contributed by atoms with E-state index in [4.69, 9.17) is 0 Å². The Bertz CT molecular complexity index is 924. The maximum atomic E-state index is 13.4. The Labute approximate surface area is 191 Å². The lowest BCUT2D eigenvalue weighted by Crippen LogP contribution is -2.54. The number of pyridine rings is 1. The zero-order valence-corrected chi connectivity index (χ0v) is 19.2. The quantitative estimate of drug-likeness (QED) is 0.693. The molecular weight excluding hydrogens is 398 g/mol. The number of likely N-dealkylation sites (tertiary alicyclic amines) is 1. The number of hydrogen-bond donors (Lipinski definition) is 1. The summed E-state index contributed by atoms with van der Waals surface area (Å²) in [5, 5.41) is 3.08. The summed E-state index contributed by atoms with van der Waals surface area (Å²) in [4.78, 5) is 32.8. The molecule has 2 aromatic rings. The summed E-state index contributed by atoms with van der Waals surface area (Å²) in [5.74, 6) is 0.819. The van der Waals surface area contributed by atoms with Gasteiger partial charge in [-0.25, -0.2) is 0 Å². The van der Waals surface area contributed by atoms with E-state index in [0.717, 1.165) is 36.1 Å². The molecule has 5 heteroatoms. The Kier molecular flexibility index (Phi) is 7.23. The molecule has 1 N–H and O–H groups in total. The highest BCUT2D eigenvalue weighted by Gasteiger charge is 2.43. The monoisotopic (exact) mass is 433 g/mol. The molecule has 1 atom stereocenters. The van der Waals surface area contributed by atoms with E-state index in [1.807, 2.05) is 36.2 Å². The van der Waals surface area contributed by atoms with Crippen LogP contribution in [0.2, 0.25) is 0 Å². The summed E-state index contributed by atoms with van der Waals surface area (Å²) < 4.78 is 0. The van der Waals surface area contributed by atoms with E-state index < -0.39 is 5.41 Å². The molecule has 1 aromatic carbocycles. The van der Waals surface area contributed by atoms with Crippen molar-refractivity contribution in [2.75, 3.05) is 19.6 Å². The van der Waals surface area contributed by atoms with E-state index in [1.165, 1.54) is 25.7 Å². The zero-order chi connectivity index (χ0) is 22.4. The van der Waals surface area contributed by atoms with Gasteiger partial charge in [0.25, 0.3) is 0 Å². The molecule has 1 aliphatic heterocycles. The van der Waals surface area contributed by atoms with Gasteiger partial charge in [-0.3, -0.25) is 14.6 Å². The molecule has 32 heavy (non-hydrogen) atoms. The minimum atomic E-state index is -0.599. The van der Waals surface area contributed by atoms with Crippen LogP contribution in [0.4, 0.5) is 0 Å². The number of carbonyl (C=O) groups excluding carboxylic acids is 2. The van der Waals surface area contributed by atoms with Crippen LogP contribution in [0.5, 0.6) is 0 Å². The average Bonchev–Trinajstić information content (AvgIpc) is 3.33. The third-order valence-corrected chi connectivity index (χ3v) is 7.21. The Morgan fingerprint density at radius 2 is 1.94 bits per heavy atom. The SMILES string of the molecule is CCNC(=O)[C@@]1(Cc2ccccc2-c2cccnc2)CCCN(C(=O)CC2CCCC2)C1. The zero-order valence-electron chi connectivity index (χ0n) is 19.2. The van der Waals surface area contributed by atoms with Crippen LogP contribution < -0.4 is 5.32 Å². The topological polar surface area (TPSA) is 62.3 Å². The van der Waals surface area contributed by atoms with Crippen molar-refractivity contribution in [2.24, 2.45) is 11.3 Å². The summed E-state index contributed by atoms with van der Waals surface area (Å²) >= 11 is 0. The maximum Gasteiger partial charge on any atom is 0.228 e. The number of amides is 2. The molecule has 1 aliphatic carbocycles. The molecule has 1 saturated carbocycles. The lowest BCUT2D eigenvalue weighted by atomic mass is 9.73. The fourth-order valence-electron chi connectivity index (χ4n) is 5.54. The second kappa shape index (κ2) is 10.3. The molecule has 0 radical (unpaired) electrons. The Hall–Kier alpha value is -2.69. The highest BCUT2D eigenvalue weighted by molar-refractivity contribution is 5.85. The van der Waals surface area contributed by atoms with Gasteiger partial charge in [0.1, 0.15) is 0 Å². The van der Waals surface area contributed by atoms with Gasteiger partial charge in [0.05, 0.1) is 5.41 Å². The molecule has 170 valence electrons. The summed E-state index contributed by atoms with van der Waals surface area (Å²) in [5.41, 5.74) is 2.70. The van der Waals surface area contributed by atoms with Crippen molar-refractivity contribution in [1.29, 1.82) is 0 Å². The lowest BCUT2D eigenvalue weighted by molar-refractivity contribution is -0.142. The molecule has 5 nitrogen and oxygen atoms in total. The van der Waals surface area contributed by atoms with Crippen LogP contribution in [0.15, 0.2) is 48.8 Å². The van der Waals surface area contributed by atoms with Gasteiger partial charge in [0.15, 0.2) is 0 Å². The van der Waals surface area contributed by atoms with Crippen LogP contribution >= 0.6 is 0 Å². The summed E-state index contributed by atoms with van der Waals surface area (Å²) in [7, 11) is 0. The Morgan fingerprint density at radius 1 is 1.12 bits per heavy atom. The fourth-order valence-corrected chi connectivity index (χ4v) is 5.54. The number of nitrogens with one attached hydrogen (secondary N) is 1. The third kappa shape index (κ3) is 5.03. The predicted octanol–water partition coefficient (Wildman–Crippen LogP) is 4.62. The minimum Gasteiger partial charge on any atom is -0.356 e. The highest BCUT2D eigenvalue weighted by Crippen LogP contribution is 2.38. The van der Waals surface area contributed by atoms with Crippen molar-refractivity contribution in [1.82, 2.24) is 15.2 Å². The number of hydrogen-bond acceptors (Lipinski definition) is 3. The van der Waals surface area contributed by atoms with Crippen molar-refractivity contribution in [3.63, 3.8) is 0 Å². The first kappa shape index (κ1) is 22.5. The van der Waals surface area contributed by atoms with Gasteiger partial charge >= 0.3 is 0 Å². The first-order valence-corrected chi connectivity index (χ1v) is 12.2. The number of rotatable bonds is 7. The van der Waals surface area contributed by atoms with E-state index in [1.54, 1.807) is 6.20 Å². The number of benzene rings is 1. The second-order valence-corrected chi connectivity index (χ2v) is 9.49. The van der Waals surface area contributed by atoms with Crippen molar-refractivity contribution in [2.45, 2.75) is 58.3 Å². The van der Waals surface area contributed by atoms with Crippen LogP contribution in [-0.2, 0) is 16.0 Å². The molecule has 2 fully saturated rings. The average molecular weight is 434 g/mol. The minimum absolute atomic E-state index is 0.0688. The fraction of sp³-hybridized carbons (Fsp3) is 0.519. The molecule has 2 aliphatic rings. The van der Waals surface area contributed by atoms with Gasteiger partial charge in [-0.2, -0.15) is 0 Å². The van der Waals surface area contributed by atoms with Gasteiger partial charge in [-0.05, 0) is 62.1 Å². The van der Waals surface area contributed by atoms with Crippen molar-refractivity contribution < 1.29 is 9.59 Å². The number of nitrogens with zero attached hydrogens (tertiary/aromatic N) is 2. The molecule has 0 spiro atoms. The van der Waals surface area contributed by atoms with Crippen LogP contribution in [-0.4, -0.2) is 41.3 Å². The summed E-state index contributed by atoms with van der Waals surface area (Å²) in [6, 6.07) is 12.3. The molecule has 1 saturated heterocycles. The van der Waals surface area contributed by atoms with E-state index in [-0.39, 0.29) is 11.8 Å². The smallest absolute Gasteiger partial charge is 0.228 e. The first-order chi connectivity index (χ1) is 15.6. The van der Waals surface area contributed by atoms with Gasteiger partial charge in [-0.15, -0.1) is 0 Å². The second-order valence-electron chi connectivity index (χ2n) is 9.49. The van der Waals surface area contributed by atoms with Crippen molar-refractivity contribution >= 4 is 11.8 Å². The molecule has 0 bridgehead atoms. The first-order valence-electron chi connectivity index (χ1n) is 12.2. The molecule has 0 unspecified atom stereocenters.